The molecule has 0 saturated carbocycles. The Morgan fingerprint density at radius 3 is 2.59 bits per heavy atom. The molecule has 8 nitrogen and oxygen atoms in total. The highest BCUT2D eigenvalue weighted by Gasteiger charge is 2.24. The molecule has 0 aliphatic rings. The largest absolute Gasteiger partial charge is 0.493 e. The Balaban J connectivity index is 2.32. The van der Waals surface area contributed by atoms with Crippen molar-refractivity contribution in [2.75, 3.05) is 20.8 Å². The molecule has 0 aliphatic heterocycles. The van der Waals surface area contributed by atoms with Gasteiger partial charge in [0.25, 0.3) is 0 Å². The van der Waals surface area contributed by atoms with E-state index in [9.17, 15) is 13.2 Å². The van der Waals surface area contributed by atoms with Crippen LogP contribution in [0, 0.1) is 5.92 Å². The minimum Gasteiger partial charge on any atom is -0.493 e. The van der Waals surface area contributed by atoms with Gasteiger partial charge in [0.2, 0.25) is 15.9 Å². The number of rotatable bonds is 10. The Morgan fingerprint density at radius 1 is 1.24 bits per heavy atom. The second-order valence-electron chi connectivity index (χ2n) is 6.63. The van der Waals surface area contributed by atoms with Crippen molar-refractivity contribution < 1.29 is 27.1 Å². The van der Waals surface area contributed by atoms with Gasteiger partial charge in [0, 0.05) is 12.6 Å². The van der Waals surface area contributed by atoms with E-state index in [0.29, 0.717) is 23.8 Å². The molecule has 9 heteroatoms. The summed E-state index contributed by atoms with van der Waals surface area (Å²) in [7, 11) is -1.17. The summed E-state index contributed by atoms with van der Waals surface area (Å²) in [6.07, 6.45) is 4.32. The van der Waals surface area contributed by atoms with Crippen molar-refractivity contribution in [1.82, 2.24) is 10.0 Å². The minimum atomic E-state index is -3.94. The monoisotopic (exact) mass is 422 g/mol. The molecule has 0 aliphatic carbocycles. The molecule has 0 bridgehead atoms. The van der Waals surface area contributed by atoms with Gasteiger partial charge in [-0.15, -0.1) is 0 Å². The summed E-state index contributed by atoms with van der Waals surface area (Å²) in [6.45, 7) is 4.51. The quantitative estimate of drug-likeness (QED) is 0.570. The number of amides is 1. The molecule has 0 atom stereocenters. The standard InChI is InChI=1S/C20H26N2O6S/c1-14(2)12-21-19(23)8-7-15-10-17(26-3)20(27-4)18(11-15)29(24,25)22-13-16-6-5-9-28-16/h5-11,14,22H,12-13H2,1-4H3,(H,21,23)/b8-7+. The van der Waals surface area contributed by atoms with E-state index in [1.165, 1.54) is 38.7 Å². The van der Waals surface area contributed by atoms with Gasteiger partial charge in [-0.05, 0) is 41.8 Å². The SMILES string of the molecule is COc1cc(/C=C/C(=O)NCC(C)C)cc(S(=O)(=O)NCc2ccco2)c1OC. The van der Waals surface area contributed by atoms with Crippen LogP contribution in [0.5, 0.6) is 11.5 Å². The lowest BCUT2D eigenvalue weighted by Crippen LogP contribution is -2.25. The van der Waals surface area contributed by atoms with Crippen LogP contribution in [0.25, 0.3) is 6.08 Å². The minimum absolute atomic E-state index is 0.0154. The molecule has 1 amide bonds. The van der Waals surface area contributed by atoms with Crippen LogP contribution in [-0.4, -0.2) is 35.1 Å². The summed E-state index contributed by atoms with van der Waals surface area (Å²) in [4.78, 5) is 11.8. The number of carbonyl (C=O) groups is 1. The zero-order chi connectivity index (χ0) is 21.4. The first-order chi connectivity index (χ1) is 13.8. The van der Waals surface area contributed by atoms with Gasteiger partial charge < -0.3 is 19.2 Å². The molecule has 0 radical (unpaired) electrons. The van der Waals surface area contributed by atoms with E-state index in [-0.39, 0.29) is 28.8 Å². The molecule has 0 spiro atoms. The predicted octanol–water partition coefficient (Wildman–Crippen LogP) is 2.56. The van der Waals surface area contributed by atoms with Gasteiger partial charge in [0.05, 0.1) is 27.0 Å². The highest BCUT2D eigenvalue weighted by atomic mass is 32.2. The molecule has 1 aromatic carbocycles. The van der Waals surface area contributed by atoms with Crippen LogP contribution in [-0.2, 0) is 21.4 Å². The van der Waals surface area contributed by atoms with E-state index in [0.717, 1.165) is 0 Å². The normalized spacial score (nSPS) is 11.8. The van der Waals surface area contributed by atoms with Crippen molar-refractivity contribution in [2.24, 2.45) is 5.92 Å². The molecule has 2 N–H and O–H groups in total. The van der Waals surface area contributed by atoms with Crippen molar-refractivity contribution in [3.63, 3.8) is 0 Å². The number of methoxy groups -OCH3 is 2. The Kier molecular flexibility index (Phi) is 7.86. The summed E-state index contributed by atoms with van der Waals surface area (Å²) in [6, 6.07) is 6.34. The third kappa shape index (κ3) is 6.37. The molecular weight excluding hydrogens is 396 g/mol. The van der Waals surface area contributed by atoms with Crippen LogP contribution in [0.1, 0.15) is 25.2 Å². The van der Waals surface area contributed by atoms with E-state index in [2.05, 4.69) is 10.0 Å². The molecule has 158 valence electrons. The maximum atomic E-state index is 12.9. The number of sulfonamides is 1. The third-order valence-corrected chi connectivity index (χ3v) is 5.29. The van der Waals surface area contributed by atoms with E-state index in [1.807, 2.05) is 13.8 Å². The van der Waals surface area contributed by atoms with Crippen LogP contribution in [0.4, 0.5) is 0 Å². The predicted molar refractivity (Wildman–Crippen MR) is 109 cm³/mol. The fourth-order valence-corrected chi connectivity index (χ4v) is 3.65. The Morgan fingerprint density at radius 2 is 2.00 bits per heavy atom. The fourth-order valence-electron chi connectivity index (χ4n) is 2.44. The molecule has 1 aromatic heterocycles. The second kappa shape index (κ2) is 10.1. The molecule has 0 unspecified atom stereocenters. The maximum absolute atomic E-state index is 12.9. The average Bonchev–Trinajstić information content (AvgIpc) is 3.22. The smallest absolute Gasteiger partial charge is 0.244 e. The van der Waals surface area contributed by atoms with E-state index in [4.69, 9.17) is 13.9 Å². The summed E-state index contributed by atoms with van der Waals surface area (Å²) in [5, 5.41) is 2.76. The highest BCUT2D eigenvalue weighted by molar-refractivity contribution is 7.89. The number of carbonyl (C=O) groups excluding carboxylic acids is 1. The summed E-state index contributed by atoms with van der Waals surface area (Å²) in [5.41, 5.74) is 0.473. The first-order valence-corrected chi connectivity index (χ1v) is 10.5. The van der Waals surface area contributed by atoms with Gasteiger partial charge in [-0.2, -0.15) is 0 Å². The van der Waals surface area contributed by atoms with Crippen molar-refractivity contribution in [1.29, 1.82) is 0 Å². The van der Waals surface area contributed by atoms with E-state index >= 15 is 0 Å². The first kappa shape index (κ1) is 22.5. The Labute approximate surface area is 170 Å². The molecule has 0 fully saturated rings. The first-order valence-electron chi connectivity index (χ1n) is 9.00. The van der Waals surface area contributed by atoms with Crippen molar-refractivity contribution in [2.45, 2.75) is 25.3 Å². The van der Waals surface area contributed by atoms with Gasteiger partial charge in [-0.1, -0.05) is 13.8 Å². The highest BCUT2D eigenvalue weighted by Crippen LogP contribution is 2.36. The van der Waals surface area contributed by atoms with Gasteiger partial charge >= 0.3 is 0 Å². The summed E-state index contributed by atoms with van der Waals surface area (Å²) in [5.74, 6) is 0.827. The number of hydrogen-bond acceptors (Lipinski definition) is 6. The molecular formula is C20H26N2O6S. The second-order valence-corrected chi connectivity index (χ2v) is 8.37. The molecule has 2 rings (SSSR count). The zero-order valence-corrected chi connectivity index (χ0v) is 17.7. The summed E-state index contributed by atoms with van der Waals surface area (Å²) < 4.78 is 43.9. The van der Waals surface area contributed by atoms with Crippen LogP contribution in [0.15, 0.2) is 45.9 Å². The number of furan rings is 1. The van der Waals surface area contributed by atoms with E-state index in [1.54, 1.807) is 18.2 Å². The summed E-state index contributed by atoms with van der Waals surface area (Å²) >= 11 is 0. The van der Waals surface area contributed by atoms with Gasteiger partial charge in [0.15, 0.2) is 11.5 Å². The van der Waals surface area contributed by atoms with Crippen LogP contribution in [0.2, 0.25) is 0 Å². The van der Waals surface area contributed by atoms with Gasteiger partial charge in [-0.3, -0.25) is 4.79 Å². The van der Waals surface area contributed by atoms with Crippen molar-refractivity contribution in [3.8, 4) is 11.5 Å². The Hall–Kier alpha value is -2.78. The number of benzene rings is 1. The molecule has 29 heavy (non-hydrogen) atoms. The number of nitrogens with one attached hydrogen (secondary N) is 2. The van der Waals surface area contributed by atoms with Gasteiger partial charge in [0.1, 0.15) is 10.7 Å². The topological polar surface area (TPSA) is 107 Å². The lowest BCUT2D eigenvalue weighted by molar-refractivity contribution is -0.116. The zero-order valence-electron chi connectivity index (χ0n) is 16.9. The third-order valence-electron chi connectivity index (χ3n) is 3.88. The van der Waals surface area contributed by atoms with Crippen LogP contribution in [0.3, 0.4) is 0 Å². The number of hydrogen-bond donors (Lipinski definition) is 2. The Bertz CT molecular complexity index is 950. The van der Waals surface area contributed by atoms with Crippen molar-refractivity contribution in [3.05, 3.63) is 47.9 Å². The fraction of sp³-hybridized carbons (Fsp3) is 0.350. The lowest BCUT2D eigenvalue weighted by Gasteiger charge is -2.15. The molecule has 2 aromatic rings. The van der Waals surface area contributed by atoms with Gasteiger partial charge in [-0.25, -0.2) is 13.1 Å². The molecule has 1 heterocycles. The maximum Gasteiger partial charge on any atom is 0.244 e. The van der Waals surface area contributed by atoms with Crippen molar-refractivity contribution >= 4 is 22.0 Å². The van der Waals surface area contributed by atoms with E-state index < -0.39 is 10.0 Å². The average molecular weight is 423 g/mol. The lowest BCUT2D eigenvalue weighted by atomic mass is 10.1. The van der Waals surface area contributed by atoms with Crippen LogP contribution >= 0.6 is 0 Å². The van der Waals surface area contributed by atoms with Crippen LogP contribution < -0.4 is 19.5 Å². The molecule has 0 saturated heterocycles. The number of ether oxygens (including phenoxy) is 2.